The Kier molecular flexibility index (Phi) is 6.55. The maximum Gasteiger partial charge on any atom is 0.267 e. The summed E-state index contributed by atoms with van der Waals surface area (Å²) in [6.07, 6.45) is 4.23. The lowest BCUT2D eigenvalue weighted by Crippen LogP contribution is -2.29. The van der Waals surface area contributed by atoms with Crippen LogP contribution in [0.5, 0.6) is 0 Å². The van der Waals surface area contributed by atoms with Crippen molar-refractivity contribution >= 4 is 39.2 Å². The third-order valence-corrected chi connectivity index (χ3v) is 7.30. The molecule has 8 heteroatoms. The standard InChI is InChI=1S/C22H25N3O3S2/c1-14-6-5-7-15(12-14)25-21(27)19-16-8-3-4-9-17(16)30-20(19)24-22(25)29-13-18(26)23-10-11-28-2/h5-7,12H,3-4,8-11,13H2,1-2H3,(H,23,26). The molecule has 0 saturated carbocycles. The first kappa shape index (κ1) is 21.1. The monoisotopic (exact) mass is 443 g/mol. The molecule has 1 amide bonds. The lowest BCUT2D eigenvalue weighted by molar-refractivity contribution is -0.118. The molecule has 2 aromatic heterocycles. The molecule has 0 unspecified atom stereocenters. The number of carbonyl (C=O) groups excluding carboxylic acids is 1. The van der Waals surface area contributed by atoms with Gasteiger partial charge in [-0.1, -0.05) is 23.9 Å². The second-order valence-corrected chi connectivity index (χ2v) is 9.42. The van der Waals surface area contributed by atoms with E-state index in [2.05, 4.69) is 5.32 Å². The number of methoxy groups -OCH3 is 1. The van der Waals surface area contributed by atoms with Crippen molar-refractivity contribution in [3.05, 3.63) is 50.6 Å². The number of thioether (sulfide) groups is 1. The van der Waals surface area contributed by atoms with Crippen LogP contribution in [0.1, 0.15) is 28.8 Å². The number of ether oxygens (including phenoxy) is 1. The fraction of sp³-hybridized carbons (Fsp3) is 0.409. The maximum atomic E-state index is 13.6. The van der Waals surface area contributed by atoms with E-state index >= 15 is 0 Å². The Morgan fingerprint density at radius 2 is 2.17 bits per heavy atom. The van der Waals surface area contributed by atoms with Gasteiger partial charge in [0.1, 0.15) is 4.83 Å². The van der Waals surface area contributed by atoms with Gasteiger partial charge in [-0.15, -0.1) is 11.3 Å². The molecule has 0 fully saturated rings. The third-order valence-electron chi connectivity index (χ3n) is 5.18. The van der Waals surface area contributed by atoms with Crippen LogP contribution in [0.2, 0.25) is 0 Å². The molecule has 1 N–H and O–H groups in total. The first-order valence-corrected chi connectivity index (χ1v) is 11.9. The van der Waals surface area contributed by atoms with E-state index in [9.17, 15) is 9.59 Å². The van der Waals surface area contributed by atoms with E-state index in [-0.39, 0.29) is 17.2 Å². The smallest absolute Gasteiger partial charge is 0.267 e. The molecule has 158 valence electrons. The van der Waals surface area contributed by atoms with Gasteiger partial charge in [0.15, 0.2) is 5.16 Å². The Labute approximate surface area is 183 Å². The van der Waals surface area contributed by atoms with Crippen LogP contribution >= 0.6 is 23.1 Å². The fourth-order valence-electron chi connectivity index (χ4n) is 3.75. The second-order valence-electron chi connectivity index (χ2n) is 7.40. The lowest BCUT2D eigenvalue weighted by Gasteiger charge is -2.14. The quantitative estimate of drug-likeness (QED) is 0.344. The highest BCUT2D eigenvalue weighted by Gasteiger charge is 2.23. The first-order chi connectivity index (χ1) is 14.6. The molecule has 2 heterocycles. The minimum absolute atomic E-state index is 0.0349. The molecule has 30 heavy (non-hydrogen) atoms. The van der Waals surface area contributed by atoms with Gasteiger partial charge >= 0.3 is 0 Å². The number of amides is 1. The number of thiophene rings is 1. The highest BCUT2D eigenvalue weighted by atomic mass is 32.2. The summed E-state index contributed by atoms with van der Waals surface area (Å²) >= 11 is 2.93. The summed E-state index contributed by atoms with van der Waals surface area (Å²) in [7, 11) is 1.60. The number of fused-ring (bicyclic) bond motifs is 3. The largest absolute Gasteiger partial charge is 0.383 e. The Bertz CT molecular complexity index is 1140. The molecule has 4 rings (SSSR count). The lowest BCUT2D eigenvalue weighted by atomic mass is 9.97. The van der Waals surface area contributed by atoms with Crippen LogP contribution in [0.3, 0.4) is 0 Å². The number of hydrogen-bond acceptors (Lipinski definition) is 6. The van der Waals surface area contributed by atoms with Crippen molar-refractivity contribution < 1.29 is 9.53 Å². The number of benzene rings is 1. The summed E-state index contributed by atoms with van der Waals surface area (Å²) in [4.78, 5) is 32.8. The van der Waals surface area contributed by atoms with Gasteiger partial charge in [0, 0.05) is 18.5 Å². The van der Waals surface area contributed by atoms with E-state index < -0.39 is 0 Å². The number of aryl methyl sites for hydroxylation is 3. The van der Waals surface area contributed by atoms with Crippen LogP contribution in [0.25, 0.3) is 15.9 Å². The molecule has 0 atom stereocenters. The predicted octanol–water partition coefficient (Wildman–Crippen LogP) is 3.49. The van der Waals surface area contributed by atoms with Gasteiger partial charge in [-0.2, -0.15) is 0 Å². The molecular formula is C22H25N3O3S2. The van der Waals surface area contributed by atoms with Crippen molar-refractivity contribution in [1.29, 1.82) is 0 Å². The number of rotatable bonds is 7. The van der Waals surface area contributed by atoms with Crippen LogP contribution in [0.4, 0.5) is 0 Å². The second kappa shape index (κ2) is 9.32. The van der Waals surface area contributed by atoms with Crippen molar-refractivity contribution in [3.8, 4) is 5.69 Å². The Hall–Kier alpha value is -2.16. The Balaban J connectivity index is 1.76. The fourth-order valence-corrected chi connectivity index (χ4v) is 5.90. The van der Waals surface area contributed by atoms with E-state index in [1.54, 1.807) is 23.0 Å². The van der Waals surface area contributed by atoms with E-state index in [4.69, 9.17) is 9.72 Å². The van der Waals surface area contributed by atoms with Crippen LogP contribution in [-0.2, 0) is 22.4 Å². The van der Waals surface area contributed by atoms with Gasteiger partial charge in [0.2, 0.25) is 5.91 Å². The Morgan fingerprint density at radius 1 is 1.33 bits per heavy atom. The highest BCUT2D eigenvalue weighted by molar-refractivity contribution is 7.99. The van der Waals surface area contributed by atoms with Gasteiger partial charge in [0.05, 0.1) is 23.4 Å². The average Bonchev–Trinajstić information content (AvgIpc) is 3.11. The van der Waals surface area contributed by atoms with E-state index in [1.807, 2.05) is 31.2 Å². The highest BCUT2D eigenvalue weighted by Crippen LogP contribution is 2.35. The summed E-state index contributed by atoms with van der Waals surface area (Å²) in [5, 5.41) is 4.13. The maximum absolute atomic E-state index is 13.6. The van der Waals surface area contributed by atoms with Crippen LogP contribution < -0.4 is 10.9 Å². The van der Waals surface area contributed by atoms with Crippen molar-refractivity contribution in [2.24, 2.45) is 0 Å². The number of hydrogen-bond donors (Lipinski definition) is 1. The number of nitrogens with zero attached hydrogens (tertiary/aromatic N) is 2. The molecule has 0 bridgehead atoms. The normalized spacial score (nSPS) is 13.4. The zero-order chi connectivity index (χ0) is 21.1. The topological polar surface area (TPSA) is 73.2 Å². The summed E-state index contributed by atoms with van der Waals surface area (Å²) in [5.74, 6) is 0.0890. The molecule has 0 radical (unpaired) electrons. The van der Waals surface area contributed by atoms with E-state index in [1.165, 1.54) is 22.2 Å². The van der Waals surface area contributed by atoms with Crippen molar-refractivity contribution in [2.75, 3.05) is 26.0 Å². The number of nitrogens with one attached hydrogen (secondary N) is 1. The molecule has 0 spiro atoms. The molecule has 1 aromatic carbocycles. The minimum Gasteiger partial charge on any atom is -0.383 e. The van der Waals surface area contributed by atoms with Crippen LogP contribution in [0, 0.1) is 6.92 Å². The zero-order valence-corrected chi connectivity index (χ0v) is 18.8. The predicted molar refractivity (Wildman–Crippen MR) is 122 cm³/mol. The molecule has 6 nitrogen and oxygen atoms in total. The third kappa shape index (κ3) is 4.31. The summed E-state index contributed by atoms with van der Waals surface area (Å²) in [6.45, 7) is 2.93. The molecular weight excluding hydrogens is 418 g/mol. The van der Waals surface area contributed by atoms with Gasteiger partial charge in [-0.05, 0) is 55.9 Å². The molecule has 0 aliphatic heterocycles. The Morgan fingerprint density at radius 3 is 2.97 bits per heavy atom. The van der Waals surface area contributed by atoms with Crippen molar-refractivity contribution in [2.45, 2.75) is 37.8 Å². The number of carbonyl (C=O) groups is 1. The number of aromatic nitrogens is 2. The zero-order valence-electron chi connectivity index (χ0n) is 17.2. The van der Waals surface area contributed by atoms with Crippen molar-refractivity contribution in [1.82, 2.24) is 14.9 Å². The molecule has 0 saturated heterocycles. The minimum atomic E-state index is -0.104. The van der Waals surface area contributed by atoms with Gasteiger partial charge in [-0.25, -0.2) is 4.98 Å². The first-order valence-electron chi connectivity index (χ1n) is 10.1. The molecule has 1 aliphatic rings. The van der Waals surface area contributed by atoms with E-state index in [0.717, 1.165) is 47.2 Å². The molecule has 1 aliphatic carbocycles. The summed E-state index contributed by atoms with van der Waals surface area (Å²) in [5.41, 5.74) is 2.99. The van der Waals surface area contributed by atoms with Gasteiger partial charge in [0.25, 0.3) is 5.56 Å². The summed E-state index contributed by atoms with van der Waals surface area (Å²) < 4.78 is 6.64. The van der Waals surface area contributed by atoms with Crippen LogP contribution in [0.15, 0.2) is 34.2 Å². The van der Waals surface area contributed by atoms with Crippen LogP contribution in [-0.4, -0.2) is 41.5 Å². The van der Waals surface area contributed by atoms with Gasteiger partial charge in [-0.3, -0.25) is 14.2 Å². The summed E-state index contributed by atoms with van der Waals surface area (Å²) in [6, 6.07) is 7.85. The molecule has 3 aromatic rings. The van der Waals surface area contributed by atoms with Crippen molar-refractivity contribution in [3.63, 3.8) is 0 Å². The van der Waals surface area contributed by atoms with E-state index in [0.29, 0.717) is 18.3 Å². The average molecular weight is 444 g/mol. The van der Waals surface area contributed by atoms with Gasteiger partial charge < -0.3 is 10.1 Å². The SMILES string of the molecule is COCCNC(=O)CSc1nc2sc3c(c2c(=O)n1-c1cccc(C)c1)CCCC3.